The van der Waals surface area contributed by atoms with Crippen molar-refractivity contribution in [2.75, 3.05) is 26.7 Å². The van der Waals surface area contributed by atoms with Gasteiger partial charge in [0.2, 0.25) is 5.91 Å². The van der Waals surface area contributed by atoms with Gasteiger partial charge in [0.1, 0.15) is 5.60 Å². The lowest BCUT2D eigenvalue weighted by Crippen LogP contribution is -2.50. The van der Waals surface area contributed by atoms with Crippen LogP contribution in [-0.2, 0) is 16.6 Å². The van der Waals surface area contributed by atoms with Crippen LogP contribution in [0.2, 0.25) is 0 Å². The summed E-state index contributed by atoms with van der Waals surface area (Å²) in [5.74, 6) is 43.8. The van der Waals surface area contributed by atoms with Crippen LogP contribution in [0, 0.1) is 137 Å². The number of hydrogen-bond donors (Lipinski definition) is 3. The molecule has 4 aliphatic rings. The fourth-order valence-electron chi connectivity index (χ4n) is 12.8. The number of benzene rings is 4. The number of nitrogens with two attached hydrogens (primary N) is 1. The first kappa shape index (κ1) is 88.4. The van der Waals surface area contributed by atoms with Gasteiger partial charge in [0.05, 0.1) is 24.0 Å². The first-order chi connectivity index (χ1) is 46.7. The van der Waals surface area contributed by atoms with E-state index in [2.05, 4.69) is 317 Å². The van der Waals surface area contributed by atoms with Crippen molar-refractivity contribution in [1.29, 1.82) is 0 Å². The highest BCUT2D eigenvalue weighted by atomic mass is 16.3. The van der Waals surface area contributed by atoms with Crippen molar-refractivity contribution < 1.29 is 9.90 Å². The summed E-state index contributed by atoms with van der Waals surface area (Å²) in [5.41, 5.74) is 14.9. The Morgan fingerprint density at radius 1 is 0.657 bits per heavy atom. The number of aryl methyl sites for hydroxylation is 2. The van der Waals surface area contributed by atoms with Gasteiger partial charge < -0.3 is 16.2 Å². The van der Waals surface area contributed by atoms with Crippen molar-refractivity contribution in [3.63, 3.8) is 0 Å². The Morgan fingerprint density at radius 2 is 1.20 bits per heavy atom. The number of rotatable bonds is 11. The third-order valence-electron chi connectivity index (χ3n) is 18.8. The normalized spacial score (nSPS) is 19.1. The third kappa shape index (κ3) is 35.5. The summed E-state index contributed by atoms with van der Waals surface area (Å²) in [6, 6.07) is 38.4. The van der Waals surface area contributed by atoms with Crippen LogP contribution in [0.25, 0.3) is 5.57 Å². The predicted octanol–water partition coefficient (Wildman–Crippen LogP) is 21.9. The molecule has 540 valence electrons. The monoisotopic (exact) mass is 1340 g/mol. The van der Waals surface area contributed by atoms with Gasteiger partial charge in [0.15, 0.2) is 0 Å². The molecule has 0 aromatic heterocycles. The van der Waals surface area contributed by atoms with Crippen LogP contribution >= 0.6 is 0 Å². The van der Waals surface area contributed by atoms with E-state index in [0.29, 0.717) is 59.8 Å². The molecule has 0 radical (unpaired) electrons. The number of fused-ring (bicyclic) bond motifs is 5. The molecule has 5 nitrogen and oxygen atoms in total. The minimum atomic E-state index is -0.777. The summed E-state index contributed by atoms with van der Waals surface area (Å²) in [7, 11) is 2.08. The average molecular weight is 1340 g/mol. The van der Waals surface area contributed by atoms with Crippen LogP contribution in [0.5, 0.6) is 0 Å². The quantitative estimate of drug-likeness (QED) is 0.103. The van der Waals surface area contributed by atoms with Crippen LogP contribution in [-0.4, -0.2) is 53.7 Å². The standard InChI is InChI=1S/C24H32O.C15H22.C14H18.C13H16.C11H19N.C9H17N.C8H13NO/c1-16(2)9-13-24(25)14-11-22-21-8-6-18-15-17(3)5-7-19(18)20(21)10-12-23(22,24)4;1-13(2)9-7-8-10-14(3)15-11-5-4-6-12-15;1-12(2)10-11-14(3,4)13-8-6-5-7-9-13;1-11(2)9-10-12(3)13-7-5-4-6-8-13;1-10(2)6-9-11(12)7-4-3-5-8-11;1-5-10(4)8-6-7-9(2)3;1-7(2)5-4-6-9-8(3)10/h5,7,15-16,20-22,25H,6,8,10-12,14H2,1-4H3;4-6,11-13H,3,7-10H2,1-2H3;5-9,12H,1-4H3;4-8,11-12H,1-3H3;10H,3-5,7-8,12H2,1-2H3;9H,5,8H2,1-4H3;7H,6H2,1-3H3,(H,9,10). The molecule has 0 spiro atoms. The number of allylic oxidation sites excluding steroid dienone is 1. The van der Waals surface area contributed by atoms with Gasteiger partial charge in [0, 0.05) is 53.8 Å². The molecular weight excluding hydrogens is 1200 g/mol. The Balaban J connectivity index is 0.000000404. The number of nitrogens with one attached hydrogen (secondary N) is 1. The minimum Gasteiger partial charge on any atom is -0.377 e. The summed E-state index contributed by atoms with van der Waals surface area (Å²) in [6.07, 6.45) is 17.9. The van der Waals surface area contributed by atoms with Gasteiger partial charge in [-0.15, -0.1) is 0 Å². The van der Waals surface area contributed by atoms with Crippen molar-refractivity contribution >= 4 is 11.5 Å². The van der Waals surface area contributed by atoms with E-state index in [9.17, 15) is 9.90 Å². The Bertz CT molecular complexity index is 3340. The molecule has 4 aromatic carbocycles. The molecule has 6 unspecified atom stereocenters. The van der Waals surface area contributed by atoms with E-state index in [1.54, 1.807) is 11.1 Å². The summed E-state index contributed by atoms with van der Waals surface area (Å²) in [4.78, 5) is 12.5. The first-order valence-electron chi connectivity index (χ1n) is 38.1. The highest BCUT2D eigenvalue weighted by Crippen LogP contribution is 2.64. The molecule has 1 amide bonds. The Kier molecular flexibility index (Phi) is 41.7. The molecule has 4 aromatic rings. The van der Waals surface area contributed by atoms with Gasteiger partial charge in [-0.1, -0.05) is 335 Å². The summed E-state index contributed by atoms with van der Waals surface area (Å²) in [6.45, 7) is 50.9. The molecule has 0 aliphatic heterocycles. The molecular formula is C94H137N3O2. The molecule has 6 atom stereocenters. The molecule has 8 rings (SSSR count). The number of carbonyl (C=O) groups excluding carboxylic acids is 1. The Labute approximate surface area is 609 Å². The zero-order valence-corrected chi connectivity index (χ0v) is 66.6. The highest BCUT2D eigenvalue weighted by molar-refractivity contribution is 5.73. The van der Waals surface area contributed by atoms with Gasteiger partial charge in [0.25, 0.3) is 0 Å². The van der Waals surface area contributed by atoms with Crippen molar-refractivity contribution in [2.24, 2.45) is 64.4 Å². The number of unbranched alkanes of at least 4 members (excludes halogenated alkanes) is 1. The fourth-order valence-corrected chi connectivity index (χ4v) is 12.8. The predicted molar refractivity (Wildman–Crippen MR) is 431 cm³/mol. The van der Waals surface area contributed by atoms with Gasteiger partial charge in [-0.05, 0) is 163 Å². The molecule has 4 aliphatic carbocycles. The van der Waals surface area contributed by atoms with Crippen molar-refractivity contribution in [1.82, 2.24) is 10.2 Å². The first-order valence-corrected chi connectivity index (χ1v) is 38.1. The van der Waals surface area contributed by atoms with E-state index in [1.807, 2.05) is 26.0 Å². The smallest absolute Gasteiger partial charge is 0.217 e. The fraction of sp³-hybridized carbons (Fsp3) is 0.585. The number of hydrogen-bond acceptors (Lipinski definition) is 4. The van der Waals surface area contributed by atoms with Crippen LogP contribution in [0.3, 0.4) is 0 Å². The number of carbonyl (C=O) groups is 1. The highest BCUT2D eigenvalue weighted by Gasteiger charge is 2.61. The Hall–Kier alpha value is -6.67. The van der Waals surface area contributed by atoms with E-state index in [4.69, 9.17) is 5.73 Å². The SMILES string of the molecule is C=C(CCCCC(C)C)c1ccccc1.CC(=O)NCC#CC(C)C.CC(C)C#CC(C)(C)c1ccccc1.CC(C)C#CC(C)c1ccccc1.CC(C)C#CC1(N)CCCCC1.CCN(C)CC#CC(C)C.Cc1ccc2c(c1)CCC1C2CCC2(C)C1CCC2(O)C#CC(C)C. The molecule has 0 heterocycles. The zero-order chi connectivity index (χ0) is 74.2. The molecule has 3 fully saturated rings. The van der Waals surface area contributed by atoms with E-state index in [0.717, 1.165) is 63.5 Å². The van der Waals surface area contributed by atoms with Gasteiger partial charge in [-0.25, -0.2) is 0 Å². The molecule has 99 heavy (non-hydrogen) atoms. The lowest BCUT2D eigenvalue weighted by Gasteiger charge is -2.52. The summed E-state index contributed by atoms with van der Waals surface area (Å²) in [5, 5.41) is 14.0. The topological polar surface area (TPSA) is 78.6 Å². The zero-order valence-electron chi connectivity index (χ0n) is 66.6. The maximum atomic E-state index is 11.4. The second-order valence-electron chi connectivity index (χ2n) is 31.3. The Morgan fingerprint density at radius 3 is 1.75 bits per heavy atom. The number of nitrogens with zero attached hydrogens (tertiary/aromatic N) is 1. The van der Waals surface area contributed by atoms with Crippen LogP contribution in [0.1, 0.15) is 274 Å². The second kappa shape index (κ2) is 46.7. The summed E-state index contributed by atoms with van der Waals surface area (Å²) < 4.78 is 0. The minimum absolute atomic E-state index is 0.0295. The third-order valence-corrected chi connectivity index (χ3v) is 18.8. The van der Waals surface area contributed by atoms with Crippen molar-refractivity contribution in [3.05, 3.63) is 149 Å². The molecule has 3 saturated carbocycles. The molecule has 5 heteroatoms. The van der Waals surface area contributed by atoms with E-state index < -0.39 is 5.60 Å². The maximum absolute atomic E-state index is 11.4. The number of amides is 1. The lowest BCUT2D eigenvalue weighted by atomic mass is 9.53. The largest absolute Gasteiger partial charge is 0.377 e. The van der Waals surface area contributed by atoms with Gasteiger partial charge >= 0.3 is 0 Å². The van der Waals surface area contributed by atoms with Gasteiger partial charge in [-0.3, -0.25) is 9.69 Å². The van der Waals surface area contributed by atoms with E-state index in [1.165, 1.54) is 92.5 Å². The second-order valence-corrected chi connectivity index (χ2v) is 31.3. The van der Waals surface area contributed by atoms with Crippen LogP contribution in [0.4, 0.5) is 0 Å². The lowest BCUT2D eigenvalue weighted by molar-refractivity contribution is -0.118. The van der Waals surface area contributed by atoms with Crippen molar-refractivity contribution in [2.45, 2.75) is 270 Å². The van der Waals surface area contributed by atoms with Crippen LogP contribution < -0.4 is 11.1 Å². The molecule has 0 bridgehead atoms. The van der Waals surface area contributed by atoms with Crippen molar-refractivity contribution in [3.8, 4) is 71.0 Å². The van der Waals surface area contributed by atoms with Gasteiger partial charge in [-0.2, -0.15) is 0 Å². The number of aliphatic hydroxyl groups is 1. The van der Waals surface area contributed by atoms with E-state index >= 15 is 0 Å². The maximum Gasteiger partial charge on any atom is 0.217 e. The summed E-state index contributed by atoms with van der Waals surface area (Å²) >= 11 is 0. The van der Waals surface area contributed by atoms with Crippen LogP contribution in [0.15, 0.2) is 116 Å². The molecule has 4 N–H and O–H groups in total. The average Bonchev–Trinajstić information content (AvgIpc) is 1.62. The molecule has 0 saturated heterocycles. The van der Waals surface area contributed by atoms with E-state index in [-0.39, 0.29) is 22.3 Å².